The summed E-state index contributed by atoms with van der Waals surface area (Å²) >= 11 is 0. The van der Waals surface area contributed by atoms with Gasteiger partial charge in [0, 0.05) is 6.54 Å². The molecule has 0 rings (SSSR count). The minimum atomic E-state index is -1.55. The van der Waals surface area contributed by atoms with Crippen molar-refractivity contribution in [2.45, 2.75) is 134 Å². The van der Waals surface area contributed by atoms with Gasteiger partial charge in [-0.3, -0.25) is 0 Å². The number of unbranched alkanes of at least 4 members (excludes halogenated alkanes) is 15. The summed E-state index contributed by atoms with van der Waals surface area (Å²) in [7, 11) is 0. The normalized spacial score (nSPS) is 15.8. The number of aliphatic hydroxyl groups is 5. The van der Waals surface area contributed by atoms with Crippen molar-refractivity contribution in [2.75, 3.05) is 19.7 Å². The molecule has 0 aromatic carbocycles. The molecular weight excluding hydrogens is 382 g/mol. The summed E-state index contributed by atoms with van der Waals surface area (Å²) in [6, 6.07) is 0. The maximum atomic E-state index is 9.80. The second-order valence-electron chi connectivity index (χ2n) is 8.81. The fraction of sp³-hybridized carbons (Fsp3) is 1.00. The van der Waals surface area contributed by atoms with E-state index in [0.717, 1.165) is 19.4 Å². The fourth-order valence-corrected chi connectivity index (χ4v) is 3.73. The molecule has 4 unspecified atom stereocenters. The van der Waals surface area contributed by atoms with Crippen LogP contribution in [0, 0.1) is 0 Å². The summed E-state index contributed by atoms with van der Waals surface area (Å²) in [5.74, 6) is 0. The van der Waals surface area contributed by atoms with Gasteiger partial charge in [0.2, 0.25) is 0 Å². The third-order valence-electron chi connectivity index (χ3n) is 5.89. The van der Waals surface area contributed by atoms with E-state index in [0.29, 0.717) is 0 Å². The predicted molar refractivity (Wildman–Crippen MR) is 124 cm³/mol. The third kappa shape index (κ3) is 17.4. The SMILES string of the molecule is CCCCCCCCCCCCCCCCCCNCC(O)C(O)C(O)C(O)CO. The Labute approximate surface area is 185 Å². The maximum Gasteiger partial charge on any atom is 0.111 e. The minimum absolute atomic E-state index is 0.148. The number of rotatable bonds is 23. The lowest BCUT2D eigenvalue weighted by molar-refractivity contribution is -0.113. The van der Waals surface area contributed by atoms with Crippen LogP contribution in [0.25, 0.3) is 0 Å². The van der Waals surface area contributed by atoms with Gasteiger partial charge in [0.05, 0.1) is 12.7 Å². The Morgan fingerprint density at radius 1 is 0.533 bits per heavy atom. The Morgan fingerprint density at radius 2 is 0.900 bits per heavy atom. The molecule has 6 N–H and O–H groups in total. The van der Waals surface area contributed by atoms with Crippen LogP contribution in [0.1, 0.15) is 110 Å². The summed E-state index contributed by atoms with van der Waals surface area (Å²) < 4.78 is 0. The van der Waals surface area contributed by atoms with Gasteiger partial charge in [-0.1, -0.05) is 103 Å². The van der Waals surface area contributed by atoms with Crippen LogP contribution in [-0.2, 0) is 0 Å². The Hall–Kier alpha value is -0.240. The van der Waals surface area contributed by atoms with Gasteiger partial charge < -0.3 is 30.8 Å². The van der Waals surface area contributed by atoms with Crippen molar-refractivity contribution >= 4 is 0 Å². The fourth-order valence-electron chi connectivity index (χ4n) is 3.73. The van der Waals surface area contributed by atoms with E-state index in [4.69, 9.17) is 5.11 Å². The quantitative estimate of drug-likeness (QED) is 0.138. The first-order valence-electron chi connectivity index (χ1n) is 12.6. The first kappa shape index (κ1) is 29.8. The highest BCUT2D eigenvalue weighted by Crippen LogP contribution is 2.13. The van der Waals surface area contributed by atoms with Crippen molar-refractivity contribution in [3.05, 3.63) is 0 Å². The van der Waals surface area contributed by atoms with Crippen molar-refractivity contribution < 1.29 is 25.5 Å². The molecule has 0 saturated carbocycles. The van der Waals surface area contributed by atoms with Crippen LogP contribution >= 0.6 is 0 Å². The molecule has 6 heteroatoms. The highest BCUT2D eigenvalue weighted by Gasteiger charge is 2.29. The molecule has 0 saturated heterocycles. The van der Waals surface area contributed by atoms with Gasteiger partial charge in [0.15, 0.2) is 0 Å². The molecular formula is C24H51NO5. The van der Waals surface area contributed by atoms with Crippen molar-refractivity contribution in [1.29, 1.82) is 0 Å². The van der Waals surface area contributed by atoms with Gasteiger partial charge in [-0.25, -0.2) is 0 Å². The zero-order valence-electron chi connectivity index (χ0n) is 19.5. The van der Waals surface area contributed by atoms with Gasteiger partial charge in [-0.2, -0.15) is 0 Å². The van der Waals surface area contributed by atoms with Gasteiger partial charge in [0.25, 0.3) is 0 Å². The maximum absolute atomic E-state index is 9.80. The van der Waals surface area contributed by atoms with E-state index < -0.39 is 31.0 Å². The molecule has 0 radical (unpaired) electrons. The molecule has 30 heavy (non-hydrogen) atoms. The van der Waals surface area contributed by atoms with E-state index >= 15 is 0 Å². The standard InChI is InChI=1S/C24H51NO5/c1-2-3-4-5-6-7-8-9-10-11-12-13-14-15-16-17-18-25-19-21(27)23(29)24(30)22(28)20-26/h21-30H,2-20H2,1H3. The molecule has 4 atom stereocenters. The minimum Gasteiger partial charge on any atom is -0.394 e. The van der Waals surface area contributed by atoms with Crippen LogP contribution in [0.4, 0.5) is 0 Å². The predicted octanol–water partition coefficient (Wildman–Crippen LogP) is 3.27. The highest BCUT2D eigenvalue weighted by atomic mass is 16.4. The molecule has 0 aliphatic carbocycles. The van der Waals surface area contributed by atoms with Crippen LogP contribution < -0.4 is 5.32 Å². The molecule has 0 aromatic heterocycles. The largest absolute Gasteiger partial charge is 0.394 e. The van der Waals surface area contributed by atoms with E-state index in [1.54, 1.807) is 0 Å². The number of hydrogen-bond acceptors (Lipinski definition) is 6. The molecule has 0 bridgehead atoms. The summed E-state index contributed by atoms with van der Waals surface area (Å²) in [6.07, 6.45) is 15.6. The number of aliphatic hydroxyl groups excluding tert-OH is 5. The summed E-state index contributed by atoms with van der Waals surface area (Å²) in [5, 5.41) is 50.2. The smallest absolute Gasteiger partial charge is 0.111 e. The van der Waals surface area contributed by atoms with Crippen molar-refractivity contribution in [3.8, 4) is 0 Å². The first-order chi connectivity index (χ1) is 14.5. The molecule has 0 aromatic rings. The van der Waals surface area contributed by atoms with Gasteiger partial charge >= 0.3 is 0 Å². The molecule has 0 amide bonds. The Morgan fingerprint density at radius 3 is 1.30 bits per heavy atom. The average molecular weight is 434 g/mol. The van der Waals surface area contributed by atoms with Crippen LogP contribution in [0.15, 0.2) is 0 Å². The molecule has 0 heterocycles. The highest BCUT2D eigenvalue weighted by molar-refractivity contribution is 4.81. The lowest BCUT2D eigenvalue weighted by Crippen LogP contribution is -2.49. The van der Waals surface area contributed by atoms with Crippen molar-refractivity contribution in [1.82, 2.24) is 5.32 Å². The van der Waals surface area contributed by atoms with Gasteiger partial charge in [0.1, 0.15) is 18.3 Å². The molecule has 0 fully saturated rings. The zero-order valence-corrected chi connectivity index (χ0v) is 19.5. The average Bonchev–Trinajstić information content (AvgIpc) is 2.76. The second kappa shape index (κ2) is 22.0. The van der Waals surface area contributed by atoms with Crippen LogP contribution in [0.3, 0.4) is 0 Å². The molecule has 0 aliphatic heterocycles. The molecule has 0 aliphatic rings. The van der Waals surface area contributed by atoms with Crippen molar-refractivity contribution in [2.24, 2.45) is 0 Å². The first-order valence-corrected chi connectivity index (χ1v) is 12.6. The molecule has 6 nitrogen and oxygen atoms in total. The molecule has 0 spiro atoms. The molecule has 182 valence electrons. The third-order valence-corrected chi connectivity index (χ3v) is 5.89. The van der Waals surface area contributed by atoms with Crippen LogP contribution in [0.2, 0.25) is 0 Å². The van der Waals surface area contributed by atoms with Crippen LogP contribution in [-0.4, -0.2) is 69.6 Å². The number of nitrogens with one attached hydrogen (secondary N) is 1. The second-order valence-corrected chi connectivity index (χ2v) is 8.81. The lowest BCUT2D eigenvalue weighted by atomic mass is 10.0. The van der Waals surface area contributed by atoms with E-state index in [1.807, 2.05) is 0 Å². The Kier molecular flexibility index (Phi) is 21.8. The van der Waals surface area contributed by atoms with Gasteiger partial charge in [-0.15, -0.1) is 0 Å². The number of hydrogen-bond donors (Lipinski definition) is 6. The van der Waals surface area contributed by atoms with E-state index in [-0.39, 0.29) is 6.54 Å². The topological polar surface area (TPSA) is 113 Å². The monoisotopic (exact) mass is 433 g/mol. The van der Waals surface area contributed by atoms with Crippen LogP contribution in [0.5, 0.6) is 0 Å². The summed E-state index contributed by atoms with van der Waals surface area (Å²) in [5.41, 5.74) is 0. The van der Waals surface area contributed by atoms with E-state index in [9.17, 15) is 20.4 Å². The Balaban J connectivity index is 3.29. The zero-order chi connectivity index (χ0) is 22.5. The van der Waals surface area contributed by atoms with E-state index in [2.05, 4.69) is 12.2 Å². The summed E-state index contributed by atoms with van der Waals surface area (Å²) in [4.78, 5) is 0. The Bertz CT molecular complexity index is 346. The van der Waals surface area contributed by atoms with Crippen molar-refractivity contribution in [3.63, 3.8) is 0 Å². The van der Waals surface area contributed by atoms with E-state index in [1.165, 1.54) is 89.9 Å². The summed E-state index contributed by atoms with van der Waals surface area (Å²) in [6.45, 7) is 2.51. The van der Waals surface area contributed by atoms with Gasteiger partial charge in [-0.05, 0) is 13.0 Å². The lowest BCUT2D eigenvalue weighted by Gasteiger charge is -2.25.